The van der Waals surface area contributed by atoms with Crippen molar-refractivity contribution in [3.63, 3.8) is 0 Å². The summed E-state index contributed by atoms with van der Waals surface area (Å²) in [5.41, 5.74) is 4.87. The van der Waals surface area contributed by atoms with Gasteiger partial charge in [-0.15, -0.1) is 0 Å². The minimum atomic E-state index is 0.687. The van der Waals surface area contributed by atoms with Gasteiger partial charge in [-0.1, -0.05) is 62.4 Å². The highest BCUT2D eigenvalue weighted by molar-refractivity contribution is 5.66. The lowest BCUT2D eigenvalue weighted by Gasteiger charge is -2.07. The van der Waals surface area contributed by atoms with Crippen LogP contribution in [0.3, 0.4) is 0 Å². The summed E-state index contributed by atoms with van der Waals surface area (Å²) >= 11 is 0. The zero-order valence-electron chi connectivity index (χ0n) is 12.0. The lowest BCUT2D eigenvalue weighted by molar-refractivity contribution is 0.647. The molecule has 100 valence electrons. The van der Waals surface area contributed by atoms with Crippen LogP contribution in [0.2, 0.25) is 0 Å². The molecule has 1 nitrogen and oxygen atoms in total. The first kappa shape index (κ1) is 14.1. The average Bonchev–Trinajstić information content (AvgIpc) is 2.46. The zero-order valence-corrected chi connectivity index (χ0v) is 12.0. The van der Waals surface area contributed by atoms with Gasteiger partial charge < -0.3 is 0 Å². The summed E-state index contributed by atoms with van der Waals surface area (Å²) in [4.78, 5) is 0. The van der Waals surface area contributed by atoms with E-state index in [-0.39, 0.29) is 0 Å². The highest BCUT2D eigenvalue weighted by Crippen LogP contribution is 2.21. The molecule has 20 heavy (non-hydrogen) atoms. The summed E-state index contributed by atoms with van der Waals surface area (Å²) in [6, 6.07) is 19.0. The third-order valence-electron chi connectivity index (χ3n) is 3.19. The van der Waals surface area contributed by atoms with E-state index in [1.54, 1.807) is 0 Å². The number of allylic oxidation sites excluding steroid dienone is 1. The Balaban J connectivity index is 2.15. The van der Waals surface area contributed by atoms with E-state index >= 15 is 0 Å². The van der Waals surface area contributed by atoms with Crippen molar-refractivity contribution >= 4 is 6.08 Å². The van der Waals surface area contributed by atoms with Gasteiger partial charge in [-0.25, -0.2) is 0 Å². The molecule has 0 spiro atoms. The molecule has 0 saturated heterocycles. The third kappa shape index (κ3) is 3.83. The first-order valence-corrected chi connectivity index (χ1v) is 6.94. The standard InChI is InChI=1S/C19H19N/c1-15(2)14-17-7-11-19(12-8-17)18-9-5-16(6-10-18)4-3-13-20/h3-12,15H,14H2,1-2H3/b4-3+. The molecular weight excluding hydrogens is 242 g/mol. The van der Waals surface area contributed by atoms with Crippen molar-refractivity contribution in [1.29, 1.82) is 5.26 Å². The summed E-state index contributed by atoms with van der Waals surface area (Å²) in [6.45, 7) is 4.47. The molecule has 0 heterocycles. The maximum Gasteiger partial charge on any atom is 0.0912 e. The van der Waals surface area contributed by atoms with Crippen LogP contribution in [0.1, 0.15) is 25.0 Å². The van der Waals surface area contributed by atoms with Crippen LogP contribution in [-0.2, 0) is 6.42 Å². The van der Waals surface area contributed by atoms with Crippen LogP contribution in [0.4, 0.5) is 0 Å². The van der Waals surface area contributed by atoms with E-state index in [0.717, 1.165) is 12.0 Å². The second-order valence-electron chi connectivity index (χ2n) is 5.38. The summed E-state index contributed by atoms with van der Waals surface area (Å²) in [6.07, 6.45) is 4.43. The van der Waals surface area contributed by atoms with E-state index in [2.05, 4.69) is 50.2 Å². The van der Waals surface area contributed by atoms with E-state index in [1.165, 1.54) is 22.8 Å². The van der Waals surface area contributed by atoms with Crippen LogP contribution in [0, 0.1) is 17.2 Å². The fraction of sp³-hybridized carbons (Fsp3) is 0.211. The molecule has 1 heteroatoms. The van der Waals surface area contributed by atoms with Gasteiger partial charge in [0.1, 0.15) is 0 Å². The van der Waals surface area contributed by atoms with E-state index in [4.69, 9.17) is 5.26 Å². The van der Waals surface area contributed by atoms with Crippen LogP contribution < -0.4 is 0 Å². The van der Waals surface area contributed by atoms with Gasteiger partial charge in [0.05, 0.1) is 6.07 Å². The van der Waals surface area contributed by atoms with Crippen molar-refractivity contribution in [2.45, 2.75) is 20.3 Å². The number of hydrogen-bond acceptors (Lipinski definition) is 1. The molecule has 0 radical (unpaired) electrons. The summed E-state index contributed by atoms with van der Waals surface area (Å²) in [7, 11) is 0. The van der Waals surface area contributed by atoms with Crippen molar-refractivity contribution in [3.05, 3.63) is 65.7 Å². The molecule has 0 bridgehead atoms. The number of nitriles is 1. The first-order chi connectivity index (χ1) is 9.69. The smallest absolute Gasteiger partial charge is 0.0912 e. The van der Waals surface area contributed by atoms with Crippen LogP contribution in [0.15, 0.2) is 54.6 Å². The molecule has 0 amide bonds. The Hall–Kier alpha value is -2.33. The molecule has 0 aliphatic heterocycles. The second kappa shape index (κ2) is 6.73. The molecule has 0 aliphatic rings. The minimum Gasteiger partial charge on any atom is -0.193 e. The lowest BCUT2D eigenvalue weighted by atomic mass is 9.98. The van der Waals surface area contributed by atoms with E-state index in [1.807, 2.05) is 24.3 Å². The summed E-state index contributed by atoms with van der Waals surface area (Å²) < 4.78 is 0. The Kier molecular flexibility index (Phi) is 4.74. The second-order valence-corrected chi connectivity index (χ2v) is 5.38. The van der Waals surface area contributed by atoms with Crippen molar-refractivity contribution in [2.24, 2.45) is 5.92 Å². The van der Waals surface area contributed by atoms with Crippen molar-refractivity contribution in [1.82, 2.24) is 0 Å². The lowest BCUT2D eigenvalue weighted by Crippen LogP contribution is -1.93. The fourth-order valence-corrected chi connectivity index (χ4v) is 2.22. The number of benzene rings is 2. The Bertz CT molecular complexity index is 610. The Morgan fingerprint density at radius 1 is 0.950 bits per heavy atom. The maximum atomic E-state index is 8.51. The minimum absolute atomic E-state index is 0.687. The predicted molar refractivity (Wildman–Crippen MR) is 85.1 cm³/mol. The molecule has 0 aliphatic carbocycles. The quantitative estimate of drug-likeness (QED) is 0.703. The molecule has 0 unspecified atom stereocenters. The van der Waals surface area contributed by atoms with Crippen molar-refractivity contribution in [2.75, 3.05) is 0 Å². The molecule has 0 saturated carbocycles. The molecule has 0 aromatic heterocycles. The fourth-order valence-electron chi connectivity index (χ4n) is 2.22. The summed E-state index contributed by atoms with van der Waals surface area (Å²) in [5.74, 6) is 0.687. The van der Waals surface area contributed by atoms with Gasteiger partial charge in [-0.2, -0.15) is 5.26 Å². The SMILES string of the molecule is CC(C)Cc1ccc(-c2ccc(/C=C/C#N)cc2)cc1. The molecule has 0 atom stereocenters. The van der Waals surface area contributed by atoms with Gasteiger partial charge in [-0.05, 0) is 40.7 Å². The molecule has 2 aromatic carbocycles. The van der Waals surface area contributed by atoms with Gasteiger partial charge in [-0.3, -0.25) is 0 Å². The molecule has 2 aromatic rings. The maximum absolute atomic E-state index is 8.51. The zero-order chi connectivity index (χ0) is 14.4. The molecule has 2 rings (SSSR count). The topological polar surface area (TPSA) is 23.8 Å². The number of nitrogens with zero attached hydrogens (tertiary/aromatic N) is 1. The molecular formula is C19H19N. The first-order valence-electron chi connectivity index (χ1n) is 6.94. The van der Waals surface area contributed by atoms with E-state index in [0.29, 0.717) is 5.92 Å². The highest BCUT2D eigenvalue weighted by Gasteiger charge is 2.00. The predicted octanol–water partition coefficient (Wildman–Crippen LogP) is 5.09. The third-order valence-corrected chi connectivity index (χ3v) is 3.19. The van der Waals surface area contributed by atoms with Gasteiger partial charge >= 0.3 is 0 Å². The van der Waals surface area contributed by atoms with Gasteiger partial charge in [0.25, 0.3) is 0 Å². The van der Waals surface area contributed by atoms with Crippen LogP contribution in [-0.4, -0.2) is 0 Å². The van der Waals surface area contributed by atoms with Gasteiger partial charge in [0, 0.05) is 6.08 Å². The van der Waals surface area contributed by atoms with Gasteiger partial charge in [0.15, 0.2) is 0 Å². The Morgan fingerprint density at radius 3 is 2.00 bits per heavy atom. The molecule has 0 fully saturated rings. The monoisotopic (exact) mass is 261 g/mol. The van der Waals surface area contributed by atoms with Crippen LogP contribution >= 0.6 is 0 Å². The number of rotatable bonds is 4. The molecule has 0 N–H and O–H groups in total. The summed E-state index contributed by atoms with van der Waals surface area (Å²) in [5, 5.41) is 8.51. The average molecular weight is 261 g/mol. The Morgan fingerprint density at radius 2 is 1.50 bits per heavy atom. The van der Waals surface area contributed by atoms with E-state index in [9.17, 15) is 0 Å². The normalized spacial score (nSPS) is 10.9. The van der Waals surface area contributed by atoms with Crippen molar-refractivity contribution in [3.8, 4) is 17.2 Å². The van der Waals surface area contributed by atoms with Crippen LogP contribution in [0.25, 0.3) is 17.2 Å². The van der Waals surface area contributed by atoms with Crippen molar-refractivity contribution < 1.29 is 0 Å². The number of hydrogen-bond donors (Lipinski definition) is 0. The largest absolute Gasteiger partial charge is 0.193 e. The Labute approximate surface area is 121 Å². The van der Waals surface area contributed by atoms with E-state index < -0.39 is 0 Å². The van der Waals surface area contributed by atoms with Gasteiger partial charge in [0.2, 0.25) is 0 Å². The highest BCUT2D eigenvalue weighted by atomic mass is 14.2. The van der Waals surface area contributed by atoms with Crippen LogP contribution in [0.5, 0.6) is 0 Å².